The average molecular weight is 411 g/mol. The van der Waals surface area contributed by atoms with Crippen molar-refractivity contribution in [3.63, 3.8) is 0 Å². The molecule has 6 nitrogen and oxygen atoms in total. The topological polar surface area (TPSA) is 67.2 Å². The molecular formula is C19H24Cl2N4O2. The second kappa shape index (κ2) is 8.31. The van der Waals surface area contributed by atoms with Crippen LogP contribution in [0.1, 0.15) is 33.4 Å². The van der Waals surface area contributed by atoms with Crippen LogP contribution in [0.2, 0.25) is 5.02 Å². The molecule has 0 aliphatic carbocycles. The molecule has 2 amide bonds. The quantitative estimate of drug-likeness (QED) is 0.761. The highest BCUT2D eigenvalue weighted by Gasteiger charge is 2.23. The molecule has 1 atom stereocenters. The minimum Gasteiger partial charge on any atom is -0.335 e. The maximum absolute atomic E-state index is 12.4. The van der Waals surface area contributed by atoms with Crippen LogP contribution in [0.25, 0.3) is 5.69 Å². The molecule has 8 heteroatoms. The van der Waals surface area contributed by atoms with E-state index in [0.717, 1.165) is 11.4 Å². The highest BCUT2D eigenvalue weighted by molar-refractivity contribution is 6.30. The summed E-state index contributed by atoms with van der Waals surface area (Å²) in [4.78, 5) is 25.6. The number of carbonyl (C=O) groups is 2. The van der Waals surface area contributed by atoms with E-state index in [-0.39, 0.29) is 23.8 Å². The highest BCUT2D eigenvalue weighted by Crippen LogP contribution is 2.26. The number of hydrogen-bond donors (Lipinski definition) is 1. The Morgan fingerprint density at radius 3 is 2.37 bits per heavy atom. The largest absolute Gasteiger partial charge is 0.335 e. The number of anilines is 1. The molecule has 0 unspecified atom stereocenters. The first kappa shape index (κ1) is 21.3. The number of carbonyl (C=O) groups excluding carboxylic acids is 2. The summed E-state index contributed by atoms with van der Waals surface area (Å²) in [5, 5.41) is 7.40. The normalized spacial score (nSPS) is 12.6. The number of hydrogen-bond acceptors (Lipinski definition) is 3. The summed E-state index contributed by atoms with van der Waals surface area (Å²) >= 11 is 11.8. The van der Waals surface area contributed by atoms with E-state index in [1.165, 1.54) is 11.9 Å². The Bertz CT molecular complexity index is 823. The van der Waals surface area contributed by atoms with E-state index in [2.05, 4.69) is 10.4 Å². The van der Waals surface area contributed by atoms with Crippen molar-refractivity contribution in [1.29, 1.82) is 0 Å². The number of amides is 2. The summed E-state index contributed by atoms with van der Waals surface area (Å²) in [6.45, 7) is 7.60. The molecule has 0 spiro atoms. The highest BCUT2D eigenvalue weighted by atomic mass is 35.5. The van der Waals surface area contributed by atoms with Gasteiger partial charge in [-0.15, -0.1) is 11.6 Å². The molecule has 1 N–H and O–H groups in total. The summed E-state index contributed by atoms with van der Waals surface area (Å²) < 4.78 is 1.65. The summed E-state index contributed by atoms with van der Waals surface area (Å²) in [6.07, 6.45) is 0. The third-order valence-electron chi connectivity index (χ3n) is 3.91. The van der Waals surface area contributed by atoms with E-state index >= 15 is 0 Å². The zero-order chi connectivity index (χ0) is 20.4. The number of likely N-dealkylation sites (N-methyl/N-ethyl adjacent to an activating group) is 1. The molecule has 0 aliphatic heterocycles. The zero-order valence-electron chi connectivity index (χ0n) is 16.1. The molecular weight excluding hydrogens is 387 g/mol. The van der Waals surface area contributed by atoms with Gasteiger partial charge in [0.05, 0.1) is 17.9 Å². The minimum atomic E-state index is -0.685. The maximum Gasteiger partial charge on any atom is 0.245 e. The van der Waals surface area contributed by atoms with Crippen LogP contribution >= 0.6 is 23.2 Å². The van der Waals surface area contributed by atoms with Crippen LogP contribution < -0.4 is 5.32 Å². The first-order chi connectivity index (χ1) is 12.5. The number of alkyl halides is 1. The van der Waals surface area contributed by atoms with Crippen molar-refractivity contribution < 1.29 is 9.59 Å². The third kappa shape index (κ3) is 5.47. The molecule has 1 aromatic heterocycles. The van der Waals surface area contributed by atoms with Gasteiger partial charge in [-0.2, -0.15) is 5.10 Å². The van der Waals surface area contributed by atoms with E-state index < -0.39 is 5.38 Å². The van der Waals surface area contributed by atoms with Crippen molar-refractivity contribution >= 4 is 40.8 Å². The third-order valence-corrected chi connectivity index (χ3v) is 4.35. The Hall–Kier alpha value is -2.05. The molecule has 0 saturated carbocycles. The predicted molar refractivity (Wildman–Crippen MR) is 109 cm³/mol. The van der Waals surface area contributed by atoms with Gasteiger partial charge in [-0.1, -0.05) is 32.4 Å². The lowest BCUT2D eigenvalue weighted by atomic mass is 9.92. The molecule has 0 saturated heterocycles. The standard InChI is InChI=1S/C19H24Cl2N4O2/c1-12(20)18(27)24(5)11-17(26)22-16-10-15(19(2,3)4)23-25(16)14-8-6-13(21)7-9-14/h6-10,12H,11H2,1-5H3,(H,22,26)/t12-/m0/s1. The van der Waals surface area contributed by atoms with E-state index in [4.69, 9.17) is 23.2 Å². The SMILES string of the molecule is C[C@H](Cl)C(=O)N(C)CC(=O)Nc1cc(C(C)(C)C)nn1-c1ccc(Cl)cc1. The second-order valence-corrected chi connectivity index (χ2v) is 8.50. The minimum absolute atomic E-state index is 0.105. The van der Waals surface area contributed by atoms with Gasteiger partial charge in [0.15, 0.2) is 0 Å². The van der Waals surface area contributed by atoms with E-state index in [1.54, 1.807) is 23.7 Å². The molecule has 2 aromatic rings. The Kier molecular flexibility index (Phi) is 6.54. The fourth-order valence-electron chi connectivity index (χ4n) is 2.40. The molecule has 146 valence electrons. The van der Waals surface area contributed by atoms with Crippen LogP contribution in [-0.4, -0.2) is 45.5 Å². The molecule has 0 radical (unpaired) electrons. The molecule has 1 aromatic carbocycles. The molecule has 27 heavy (non-hydrogen) atoms. The second-order valence-electron chi connectivity index (χ2n) is 7.41. The number of nitrogens with one attached hydrogen (secondary N) is 1. The van der Waals surface area contributed by atoms with Gasteiger partial charge >= 0.3 is 0 Å². The van der Waals surface area contributed by atoms with Crippen LogP contribution in [0, 0.1) is 0 Å². The first-order valence-electron chi connectivity index (χ1n) is 8.54. The van der Waals surface area contributed by atoms with Gasteiger partial charge in [0.2, 0.25) is 11.8 Å². The molecule has 0 aliphatic rings. The average Bonchev–Trinajstić information content (AvgIpc) is 2.98. The van der Waals surface area contributed by atoms with Gasteiger partial charge in [0, 0.05) is 23.6 Å². The lowest BCUT2D eigenvalue weighted by Gasteiger charge is -2.18. The molecule has 0 fully saturated rings. The van der Waals surface area contributed by atoms with Crippen molar-refractivity contribution in [2.45, 2.75) is 38.5 Å². The molecule has 2 rings (SSSR count). The number of aromatic nitrogens is 2. The zero-order valence-corrected chi connectivity index (χ0v) is 17.6. The number of halogens is 2. The van der Waals surface area contributed by atoms with Gasteiger partial charge in [-0.3, -0.25) is 9.59 Å². The fraction of sp³-hybridized carbons (Fsp3) is 0.421. The Morgan fingerprint density at radius 1 is 1.26 bits per heavy atom. The van der Waals surface area contributed by atoms with Crippen LogP contribution in [0.5, 0.6) is 0 Å². The van der Waals surface area contributed by atoms with Gasteiger partial charge in [0.25, 0.3) is 0 Å². The number of nitrogens with zero attached hydrogens (tertiary/aromatic N) is 3. The maximum atomic E-state index is 12.4. The smallest absolute Gasteiger partial charge is 0.245 e. The van der Waals surface area contributed by atoms with Crippen molar-refractivity contribution in [2.75, 3.05) is 18.9 Å². The van der Waals surface area contributed by atoms with Gasteiger partial charge < -0.3 is 10.2 Å². The van der Waals surface area contributed by atoms with Gasteiger partial charge in [0.1, 0.15) is 11.2 Å². The Labute approximate surface area is 169 Å². The number of rotatable bonds is 5. The number of benzene rings is 1. The summed E-state index contributed by atoms with van der Waals surface area (Å²) in [5.41, 5.74) is 1.40. The molecule has 0 bridgehead atoms. The van der Waals surface area contributed by atoms with Gasteiger partial charge in [-0.05, 0) is 31.2 Å². The van der Waals surface area contributed by atoms with Crippen LogP contribution in [0.4, 0.5) is 5.82 Å². The van der Waals surface area contributed by atoms with E-state index in [9.17, 15) is 9.59 Å². The Balaban J connectivity index is 2.29. The van der Waals surface area contributed by atoms with Crippen molar-refractivity contribution in [2.24, 2.45) is 0 Å². The fourth-order valence-corrected chi connectivity index (χ4v) is 2.69. The van der Waals surface area contributed by atoms with Crippen LogP contribution in [0.3, 0.4) is 0 Å². The van der Waals surface area contributed by atoms with Crippen LogP contribution in [-0.2, 0) is 15.0 Å². The van der Waals surface area contributed by atoms with Crippen molar-refractivity contribution in [3.05, 3.63) is 41.0 Å². The lowest BCUT2D eigenvalue weighted by molar-refractivity contribution is -0.132. The lowest BCUT2D eigenvalue weighted by Crippen LogP contribution is -2.38. The first-order valence-corrected chi connectivity index (χ1v) is 9.36. The van der Waals surface area contributed by atoms with Crippen LogP contribution in [0.15, 0.2) is 30.3 Å². The van der Waals surface area contributed by atoms with E-state index in [0.29, 0.717) is 10.8 Å². The molecule has 1 heterocycles. The van der Waals surface area contributed by atoms with Crippen molar-refractivity contribution in [3.8, 4) is 5.69 Å². The van der Waals surface area contributed by atoms with Crippen molar-refractivity contribution in [1.82, 2.24) is 14.7 Å². The Morgan fingerprint density at radius 2 is 1.85 bits per heavy atom. The van der Waals surface area contributed by atoms with Gasteiger partial charge in [-0.25, -0.2) is 4.68 Å². The summed E-state index contributed by atoms with van der Waals surface area (Å²) in [6, 6.07) is 8.99. The summed E-state index contributed by atoms with van der Waals surface area (Å²) in [5.74, 6) is -0.126. The summed E-state index contributed by atoms with van der Waals surface area (Å²) in [7, 11) is 1.54. The predicted octanol–water partition coefficient (Wildman–Crippen LogP) is 3.85. The van der Waals surface area contributed by atoms with E-state index in [1.807, 2.05) is 39.0 Å². The monoisotopic (exact) mass is 410 g/mol.